The summed E-state index contributed by atoms with van der Waals surface area (Å²) in [6.45, 7) is 1.55. The van der Waals surface area contributed by atoms with Crippen molar-refractivity contribution in [3.63, 3.8) is 0 Å². The van der Waals surface area contributed by atoms with E-state index >= 15 is 0 Å². The maximum atomic E-state index is 12.5. The molecule has 1 aliphatic heterocycles. The van der Waals surface area contributed by atoms with Crippen LogP contribution in [-0.4, -0.2) is 33.9 Å². The van der Waals surface area contributed by atoms with E-state index in [9.17, 15) is 14.9 Å². The predicted octanol–water partition coefficient (Wildman–Crippen LogP) is 2.09. The molecule has 1 aromatic rings. The first-order valence-electron chi connectivity index (χ1n) is 7.26. The van der Waals surface area contributed by atoms with E-state index in [2.05, 4.69) is 5.32 Å². The molecule has 1 fully saturated rings. The number of piperidine rings is 1. The Hall–Kier alpha value is -1.08. The van der Waals surface area contributed by atoms with Crippen molar-refractivity contribution in [1.82, 2.24) is 5.32 Å². The lowest BCUT2D eigenvalue weighted by Gasteiger charge is -2.35. The summed E-state index contributed by atoms with van der Waals surface area (Å²) in [5.41, 5.74) is -0.324. The second kappa shape index (κ2) is 7.66. The van der Waals surface area contributed by atoms with Crippen molar-refractivity contribution in [3.8, 4) is 0 Å². The normalized spacial score (nSPS) is 17.5. The van der Waals surface area contributed by atoms with E-state index < -0.39 is 20.8 Å². The second-order valence-electron chi connectivity index (χ2n) is 5.44. The van der Waals surface area contributed by atoms with Crippen LogP contribution in [0.5, 0.6) is 0 Å². The molecule has 0 aromatic heterocycles. The number of likely N-dealkylation sites (tertiary alicyclic amines) is 1. The number of para-hydroxylation sites is 1. The van der Waals surface area contributed by atoms with Gasteiger partial charge in [-0.3, -0.25) is 20.2 Å². The van der Waals surface area contributed by atoms with Gasteiger partial charge < -0.3 is 4.90 Å². The average molecular weight is 382 g/mol. The number of carbonyl (C=O) groups is 1. The van der Waals surface area contributed by atoms with Gasteiger partial charge in [-0.2, -0.15) is 0 Å². The fourth-order valence-corrected chi connectivity index (χ4v) is 3.37. The SMILES string of the molecule is O=C(NC([NH+]1CCCCC1)C(Cl)(Cl)Cl)c1ccccc1[N+](=O)[O-]. The Morgan fingerprint density at radius 2 is 1.83 bits per heavy atom. The number of rotatable bonds is 4. The zero-order valence-electron chi connectivity index (χ0n) is 12.2. The molecule has 1 aromatic carbocycles. The molecule has 2 rings (SSSR count). The van der Waals surface area contributed by atoms with Gasteiger partial charge in [0, 0.05) is 6.07 Å². The first-order chi connectivity index (χ1) is 10.8. The van der Waals surface area contributed by atoms with Gasteiger partial charge in [0.25, 0.3) is 15.4 Å². The monoisotopic (exact) mass is 380 g/mol. The zero-order chi connectivity index (χ0) is 17.0. The number of nitro benzene ring substituents is 1. The molecule has 23 heavy (non-hydrogen) atoms. The highest BCUT2D eigenvalue weighted by atomic mass is 35.6. The van der Waals surface area contributed by atoms with Gasteiger partial charge in [0.05, 0.1) is 18.0 Å². The van der Waals surface area contributed by atoms with Gasteiger partial charge >= 0.3 is 0 Å². The van der Waals surface area contributed by atoms with Gasteiger partial charge in [-0.25, -0.2) is 0 Å². The molecule has 0 spiro atoms. The molecule has 0 radical (unpaired) electrons. The number of hydrogen-bond donors (Lipinski definition) is 2. The number of halogens is 3. The van der Waals surface area contributed by atoms with Crippen molar-refractivity contribution in [3.05, 3.63) is 39.9 Å². The van der Waals surface area contributed by atoms with Crippen LogP contribution in [0, 0.1) is 10.1 Å². The van der Waals surface area contributed by atoms with E-state index in [1.165, 1.54) is 18.2 Å². The van der Waals surface area contributed by atoms with Crippen LogP contribution in [0.15, 0.2) is 24.3 Å². The number of nitrogens with one attached hydrogen (secondary N) is 2. The maximum absolute atomic E-state index is 12.5. The number of carbonyl (C=O) groups excluding carboxylic acids is 1. The molecule has 0 saturated carbocycles. The van der Waals surface area contributed by atoms with Crippen LogP contribution in [0.2, 0.25) is 0 Å². The molecule has 1 aliphatic rings. The van der Waals surface area contributed by atoms with Crippen molar-refractivity contribution in [2.75, 3.05) is 13.1 Å². The van der Waals surface area contributed by atoms with Gasteiger partial charge in [0.15, 0.2) is 0 Å². The first kappa shape index (κ1) is 18.3. The Morgan fingerprint density at radius 1 is 1.22 bits per heavy atom. The number of benzene rings is 1. The Morgan fingerprint density at radius 3 is 2.39 bits per heavy atom. The van der Waals surface area contributed by atoms with Gasteiger partial charge in [0.2, 0.25) is 6.17 Å². The Kier molecular flexibility index (Phi) is 6.08. The van der Waals surface area contributed by atoms with Gasteiger partial charge in [-0.05, 0) is 25.3 Å². The molecule has 126 valence electrons. The van der Waals surface area contributed by atoms with Crippen LogP contribution in [0.3, 0.4) is 0 Å². The summed E-state index contributed by atoms with van der Waals surface area (Å²) in [5, 5.41) is 13.7. The van der Waals surface area contributed by atoms with Crippen molar-refractivity contribution >= 4 is 46.4 Å². The first-order valence-corrected chi connectivity index (χ1v) is 8.39. The number of hydrogen-bond acceptors (Lipinski definition) is 3. The summed E-state index contributed by atoms with van der Waals surface area (Å²) in [4.78, 5) is 23.9. The Balaban J connectivity index is 2.22. The Bertz CT molecular complexity index is 586. The molecule has 1 atom stereocenters. The third kappa shape index (κ3) is 4.70. The maximum Gasteiger partial charge on any atom is 0.282 e. The van der Waals surface area contributed by atoms with E-state index in [0.717, 1.165) is 37.3 Å². The minimum Gasteiger partial charge on any atom is -0.312 e. The third-order valence-corrected chi connectivity index (χ3v) is 4.51. The average Bonchev–Trinajstić information content (AvgIpc) is 2.52. The molecule has 2 N–H and O–H groups in total. The predicted molar refractivity (Wildman–Crippen MR) is 89.2 cm³/mol. The zero-order valence-corrected chi connectivity index (χ0v) is 14.5. The number of nitro groups is 1. The highest BCUT2D eigenvalue weighted by Gasteiger charge is 2.43. The van der Waals surface area contributed by atoms with Crippen LogP contribution in [0.4, 0.5) is 5.69 Å². The molecular weight excluding hydrogens is 365 g/mol. The molecule has 1 amide bonds. The minimum absolute atomic E-state index is 0.0480. The summed E-state index contributed by atoms with van der Waals surface area (Å²) < 4.78 is -1.70. The van der Waals surface area contributed by atoms with Crippen LogP contribution in [-0.2, 0) is 0 Å². The van der Waals surface area contributed by atoms with Crippen molar-refractivity contribution in [2.24, 2.45) is 0 Å². The lowest BCUT2D eigenvalue weighted by Crippen LogP contribution is -3.20. The molecule has 9 heteroatoms. The smallest absolute Gasteiger partial charge is 0.282 e. The number of nitrogens with zero attached hydrogens (tertiary/aromatic N) is 1. The van der Waals surface area contributed by atoms with E-state index in [1.807, 2.05) is 0 Å². The summed E-state index contributed by atoms with van der Waals surface area (Å²) in [7, 11) is 0. The third-order valence-electron chi connectivity index (χ3n) is 3.85. The minimum atomic E-state index is -1.70. The fraction of sp³-hybridized carbons (Fsp3) is 0.500. The summed E-state index contributed by atoms with van der Waals surface area (Å²) in [6.07, 6.45) is 2.30. The molecule has 6 nitrogen and oxygen atoms in total. The molecule has 1 heterocycles. The van der Waals surface area contributed by atoms with Gasteiger partial charge in [-0.15, -0.1) is 0 Å². The number of quaternary nitrogens is 1. The van der Waals surface area contributed by atoms with Crippen molar-refractivity contribution in [1.29, 1.82) is 0 Å². The summed E-state index contributed by atoms with van der Waals surface area (Å²) in [5.74, 6) is -0.619. The lowest BCUT2D eigenvalue weighted by molar-refractivity contribution is -0.931. The molecule has 1 saturated heterocycles. The van der Waals surface area contributed by atoms with Crippen molar-refractivity contribution < 1.29 is 14.6 Å². The van der Waals surface area contributed by atoms with Crippen LogP contribution < -0.4 is 10.2 Å². The van der Waals surface area contributed by atoms with Crippen LogP contribution >= 0.6 is 34.8 Å². The molecule has 1 unspecified atom stereocenters. The van der Waals surface area contributed by atoms with E-state index in [-0.39, 0.29) is 11.3 Å². The topological polar surface area (TPSA) is 76.7 Å². The second-order valence-corrected chi connectivity index (χ2v) is 7.81. The lowest BCUT2D eigenvalue weighted by atomic mass is 10.1. The fourth-order valence-electron chi connectivity index (χ4n) is 2.74. The molecule has 0 bridgehead atoms. The summed E-state index contributed by atoms with van der Waals surface area (Å²) in [6, 6.07) is 5.71. The van der Waals surface area contributed by atoms with Gasteiger partial charge in [0.1, 0.15) is 5.56 Å². The number of alkyl halides is 3. The van der Waals surface area contributed by atoms with Gasteiger partial charge in [-0.1, -0.05) is 46.9 Å². The highest BCUT2D eigenvalue weighted by Crippen LogP contribution is 2.28. The van der Waals surface area contributed by atoms with E-state index in [4.69, 9.17) is 34.8 Å². The Labute approximate surface area is 148 Å². The standard InChI is InChI=1S/C14H16Cl3N3O3/c15-14(16,17)13(19-8-4-1-5-9-19)18-12(21)10-6-2-3-7-11(10)20(22)23/h2-3,6-7,13H,1,4-5,8-9H2,(H,18,21)/p+1. The van der Waals surface area contributed by atoms with Crippen LogP contribution in [0.25, 0.3) is 0 Å². The van der Waals surface area contributed by atoms with Crippen LogP contribution in [0.1, 0.15) is 29.6 Å². The van der Waals surface area contributed by atoms with E-state index in [1.54, 1.807) is 6.07 Å². The molecular formula is C14H17Cl3N3O3+. The highest BCUT2D eigenvalue weighted by molar-refractivity contribution is 6.68. The quantitative estimate of drug-likeness (QED) is 0.476. The largest absolute Gasteiger partial charge is 0.312 e. The van der Waals surface area contributed by atoms with Crippen molar-refractivity contribution in [2.45, 2.75) is 29.2 Å². The summed E-state index contributed by atoms with van der Waals surface area (Å²) >= 11 is 18.1. The van der Waals surface area contributed by atoms with E-state index in [0.29, 0.717) is 0 Å². The molecule has 0 aliphatic carbocycles. The number of amides is 1.